The van der Waals surface area contributed by atoms with Crippen LogP contribution in [0.1, 0.15) is 17.3 Å². The zero-order valence-electron chi connectivity index (χ0n) is 14.4. The molecule has 1 heterocycles. The monoisotopic (exact) mass is 401 g/mol. The van der Waals surface area contributed by atoms with Gasteiger partial charge in [-0.3, -0.25) is 0 Å². The molecular weight excluding hydrogens is 386 g/mol. The molecule has 0 spiro atoms. The fourth-order valence-electron chi connectivity index (χ4n) is 2.36. The van der Waals surface area contributed by atoms with E-state index in [2.05, 4.69) is 15.8 Å². The third-order valence-corrected chi connectivity index (χ3v) is 4.00. The minimum absolute atomic E-state index is 0.104. The molecule has 27 heavy (non-hydrogen) atoms. The average Bonchev–Trinajstić information content (AvgIpc) is 3.06. The Labute approximate surface area is 166 Å². The van der Waals surface area contributed by atoms with Crippen LogP contribution in [0.4, 0.5) is 11.6 Å². The summed E-state index contributed by atoms with van der Waals surface area (Å²) in [5.74, 6) is -0.458. The van der Waals surface area contributed by atoms with Crippen molar-refractivity contribution in [1.29, 1.82) is 0 Å². The molecule has 6 nitrogen and oxygen atoms in total. The molecule has 0 radical (unpaired) electrons. The number of carbonyl (C=O) groups is 1. The zero-order valence-corrected chi connectivity index (χ0v) is 15.9. The van der Waals surface area contributed by atoms with Gasteiger partial charge >= 0.3 is 5.97 Å². The Kier molecular flexibility index (Phi) is 6.05. The van der Waals surface area contributed by atoms with Crippen molar-refractivity contribution in [2.45, 2.75) is 6.92 Å². The Morgan fingerprint density at radius 3 is 2.52 bits per heavy atom. The van der Waals surface area contributed by atoms with Crippen molar-refractivity contribution < 1.29 is 14.1 Å². The highest BCUT2D eigenvalue weighted by Gasteiger charge is 2.26. The van der Waals surface area contributed by atoms with Gasteiger partial charge in [-0.25, -0.2) is 4.79 Å². The molecule has 0 atom stereocenters. The lowest BCUT2D eigenvalue weighted by atomic mass is 10.1. The number of esters is 1. The maximum absolute atomic E-state index is 12.5. The molecule has 0 amide bonds. The molecule has 3 rings (SSSR count). The summed E-state index contributed by atoms with van der Waals surface area (Å²) in [6.07, 6.45) is 0. The van der Waals surface area contributed by atoms with Crippen molar-refractivity contribution in [3.63, 3.8) is 0 Å². The first-order valence-corrected chi connectivity index (χ1v) is 8.93. The topological polar surface area (TPSA) is 76.4 Å². The minimum Gasteiger partial charge on any atom is -0.462 e. The summed E-state index contributed by atoms with van der Waals surface area (Å²) >= 11 is 11.2. The normalized spacial score (nSPS) is 10.3. The largest absolute Gasteiger partial charge is 0.462 e. The van der Waals surface area contributed by atoms with Crippen LogP contribution in [0.2, 0.25) is 5.02 Å². The van der Waals surface area contributed by atoms with Crippen molar-refractivity contribution >= 4 is 46.5 Å². The van der Waals surface area contributed by atoms with Gasteiger partial charge in [-0.2, -0.15) is 0 Å². The van der Waals surface area contributed by atoms with E-state index in [1.54, 1.807) is 31.2 Å². The highest BCUT2D eigenvalue weighted by atomic mass is 35.5. The van der Waals surface area contributed by atoms with Crippen molar-refractivity contribution in [3.8, 4) is 11.3 Å². The third-order valence-electron chi connectivity index (χ3n) is 3.55. The van der Waals surface area contributed by atoms with Crippen LogP contribution in [0.15, 0.2) is 59.1 Å². The van der Waals surface area contributed by atoms with Crippen LogP contribution in [0.25, 0.3) is 11.3 Å². The summed E-state index contributed by atoms with van der Waals surface area (Å²) in [5, 5.41) is 10.7. The predicted molar refractivity (Wildman–Crippen MR) is 109 cm³/mol. The van der Waals surface area contributed by atoms with E-state index in [-0.39, 0.29) is 23.2 Å². The van der Waals surface area contributed by atoms with E-state index in [9.17, 15) is 4.79 Å². The van der Waals surface area contributed by atoms with Crippen LogP contribution in [0.5, 0.6) is 0 Å². The Hall–Kier alpha value is -2.90. The Morgan fingerprint density at radius 1 is 1.15 bits per heavy atom. The number of benzene rings is 2. The number of ether oxygens (including phenoxy) is 1. The lowest BCUT2D eigenvalue weighted by Crippen LogP contribution is -2.20. The number of thiocarbonyl (C=S) groups is 1. The third kappa shape index (κ3) is 4.64. The summed E-state index contributed by atoms with van der Waals surface area (Å²) in [5.41, 5.74) is 1.97. The van der Waals surface area contributed by atoms with Gasteiger partial charge < -0.3 is 19.9 Å². The van der Waals surface area contributed by atoms with Crippen LogP contribution in [-0.4, -0.2) is 22.8 Å². The molecule has 0 unspecified atom stereocenters. The first-order chi connectivity index (χ1) is 13.1. The fraction of sp³-hybridized carbons (Fsp3) is 0.105. The van der Waals surface area contributed by atoms with Crippen molar-refractivity contribution in [2.24, 2.45) is 0 Å². The van der Waals surface area contributed by atoms with E-state index < -0.39 is 5.97 Å². The van der Waals surface area contributed by atoms with Crippen molar-refractivity contribution in [2.75, 3.05) is 17.2 Å². The van der Waals surface area contributed by atoms with Crippen LogP contribution in [0.3, 0.4) is 0 Å². The number of carbonyl (C=O) groups excluding carboxylic acids is 1. The SMILES string of the molecule is CCOC(=O)c1c(-c2ccc(Cl)cc2)noc1NC(=S)Nc1ccccc1. The summed E-state index contributed by atoms with van der Waals surface area (Å²) in [4.78, 5) is 12.5. The molecule has 3 aromatic rings. The highest BCUT2D eigenvalue weighted by molar-refractivity contribution is 7.80. The zero-order chi connectivity index (χ0) is 19.2. The van der Waals surface area contributed by atoms with Crippen molar-refractivity contribution in [3.05, 3.63) is 65.2 Å². The van der Waals surface area contributed by atoms with Gasteiger partial charge in [0.25, 0.3) is 0 Å². The maximum Gasteiger partial charge on any atom is 0.346 e. The average molecular weight is 402 g/mol. The fourth-order valence-corrected chi connectivity index (χ4v) is 2.70. The van der Waals surface area contributed by atoms with E-state index in [4.69, 9.17) is 33.1 Å². The number of aromatic nitrogens is 1. The second kappa shape index (κ2) is 8.66. The first-order valence-electron chi connectivity index (χ1n) is 8.14. The van der Waals surface area contributed by atoms with Gasteiger partial charge in [0.15, 0.2) is 10.7 Å². The highest BCUT2D eigenvalue weighted by Crippen LogP contribution is 2.30. The molecule has 1 aromatic heterocycles. The molecule has 2 N–H and O–H groups in total. The molecule has 0 aliphatic rings. The minimum atomic E-state index is -0.561. The van der Waals surface area contributed by atoms with Gasteiger partial charge in [-0.15, -0.1) is 0 Å². The second-order valence-electron chi connectivity index (χ2n) is 5.41. The lowest BCUT2D eigenvalue weighted by Gasteiger charge is -2.09. The number of rotatable bonds is 5. The van der Waals surface area contributed by atoms with Gasteiger partial charge in [0.1, 0.15) is 5.69 Å². The lowest BCUT2D eigenvalue weighted by molar-refractivity contribution is 0.0528. The quantitative estimate of drug-likeness (QED) is 0.461. The van der Waals surface area contributed by atoms with E-state index in [0.29, 0.717) is 16.3 Å². The van der Waals surface area contributed by atoms with Gasteiger partial charge in [-0.1, -0.05) is 47.1 Å². The number of para-hydroxylation sites is 1. The molecule has 0 aliphatic heterocycles. The van der Waals surface area contributed by atoms with Gasteiger partial charge in [0, 0.05) is 16.3 Å². The summed E-state index contributed by atoms with van der Waals surface area (Å²) in [6, 6.07) is 16.3. The maximum atomic E-state index is 12.5. The standard InChI is InChI=1S/C19H16ClN3O3S/c1-2-25-18(24)15-16(12-8-10-13(20)11-9-12)23-26-17(15)22-19(27)21-14-6-4-3-5-7-14/h3-11H,2H2,1H3,(H2,21,22,27). The number of anilines is 2. The van der Waals surface area contributed by atoms with Crippen molar-refractivity contribution in [1.82, 2.24) is 5.16 Å². The van der Waals surface area contributed by atoms with E-state index in [0.717, 1.165) is 5.69 Å². The first kappa shape index (κ1) is 18.9. The van der Waals surface area contributed by atoms with E-state index in [1.807, 2.05) is 30.3 Å². The van der Waals surface area contributed by atoms with E-state index >= 15 is 0 Å². The van der Waals surface area contributed by atoms with Gasteiger partial charge in [0.2, 0.25) is 5.88 Å². The molecule has 0 saturated heterocycles. The van der Waals surface area contributed by atoms with Crippen LogP contribution in [0, 0.1) is 0 Å². The molecule has 0 bridgehead atoms. The molecule has 2 aromatic carbocycles. The number of hydrogen-bond acceptors (Lipinski definition) is 5. The summed E-state index contributed by atoms with van der Waals surface area (Å²) < 4.78 is 10.5. The summed E-state index contributed by atoms with van der Waals surface area (Å²) in [7, 11) is 0. The second-order valence-corrected chi connectivity index (χ2v) is 6.25. The number of hydrogen-bond donors (Lipinski definition) is 2. The molecule has 8 heteroatoms. The number of nitrogens with one attached hydrogen (secondary N) is 2. The Morgan fingerprint density at radius 2 is 1.85 bits per heavy atom. The molecule has 0 saturated carbocycles. The summed E-state index contributed by atoms with van der Waals surface area (Å²) in [6.45, 7) is 1.94. The van der Waals surface area contributed by atoms with Gasteiger partial charge in [0.05, 0.1) is 6.61 Å². The van der Waals surface area contributed by atoms with Crippen LogP contribution in [-0.2, 0) is 4.74 Å². The number of nitrogens with zero attached hydrogens (tertiary/aromatic N) is 1. The molecular formula is C19H16ClN3O3S. The molecule has 0 fully saturated rings. The Balaban J connectivity index is 1.89. The molecule has 0 aliphatic carbocycles. The van der Waals surface area contributed by atoms with Gasteiger partial charge in [-0.05, 0) is 43.4 Å². The van der Waals surface area contributed by atoms with Crippen LogP contribution < -0.4 is 10.6 Å². The predicted octanol–water partition coefficient (Wildman–Crippen LogP) is 4.98. The smallest absolute Gasteiger partial charge is 0.346 e. The molecule has 138 valence electrons. The Bertz CT molecular complexity index is 943. The van der Waals surface area contributed by atoms with Crippen LogP contribution >= 0.6 is 23.8 Å². The van der Waals surface area contributed by atoms with E-state index in [1.165, 1.54) is 0 Å². The number of halogens is 1.